The molecule has 5 heterocycles. The van der Waals surface area contributed by atoms with Gasteiger partial charge in [0.15, 0.2) is 0 Å². The average molecular weight is 476 g/mol. The minimum Gasteiger partial charge on any atom is -0.379 e. The highest BCUT2D eigenvalue weighted by molar-refractivity contribution is 7.12. The number of amides is 1. The number of rotatable bonds is 4. The van der Waals surface area contributed by atoms with Crippen molar-refractivity contribution >= 4 is 17.2 Å². The summed E-state index contributed by atoms with van der Waals surface area (Å²) in [5.74, 6) is 0.641. The highest BCUT2D eigenvalue weighted by Crippen LogP contribution is 2.37. The van der Waals surface area contributed by atoms with E-state index in [0.717, 1.165) is 67.5 Å². The van der Waals surface area contributed by atoms with E-state index in [4.69, 9.17) is 4.74 Å². The number of hydrogen-bond donors (Lipinski definition) is 0. The van der Waals surface area contributed by atoms with Crippen LogP contribution >= 0.6 is 11.3 Å². The number of nitrogens with zero attached hydrogens (tertiary/aromatic N) is 3. The Bertz CT molecular complexity index is 1250. The summed E-state index contributed by atoms with van der Waals surface area (Å²) in [7, 11) is 0. The van der Waals surface area contributed by atoms with Crippen molar-refractivity contribution in [3.05, 3.63) is 80.4 Å². The van der Waals surface area contributed by atoms with Crippen LogP contribution in [0.2, 0.25) is 0 Å². The molecule has 7 heteroatoms. The molecule has 0 aliphatic carbocycles. The summed E-state index contributed by atoms with van der Waals surface area (Å²) in [6.07, 6.45) is 1.04. The molecule has 3 aromatic rings. The van der Waals surface area contributed by atoms with Crippen molar-refractivity contribution in [2.45, 2.75) is 25.4 Å². The molecule has 0 spiro atoms. The Balaban J connectivity index is 1.30. The van der Waals surface area contributed by atoms with Crippen LogP contribution in [0.4, 0.5) is 0 Å². The standard InChI is InChI=1S/C27H29N3O3S/c31-26-23(22-5-2-1-4-20(22)17-28-9-11-33-12-10-28)7-8-24-21-14-19(16-30(24)26)15-29(18-21)27(32)25-6-3-13-34-25/h1-8,13,19,21H,9-12,14-18H2/t19-,21-/m1/s1. The Labute approximate surface area is 203 Å². The minimum absolute atomic E-state index is 0.0969. The van der Waals surface area contributed by atoms with Gasteiger partial charge in [-0.25, -0.2) is 0 Å². The van der Waals surface area contributed by atoms with Crippen molar-refractivity contribution in [2.75, 3.05) is 39.4 Å². The van der Waals surface area contributed by atoms with E-state index in [9.17, 15) is 9.59 Å². The first kappa shape index (κ1) is 21.8. The third-order valence-corrected chi connectivity index (χ3v) is 8.29. The van der Waals surface area contributed by atoms with Gasteiger partial charge in [0.1, 0.15) is 0 Å². The van der Waals surface area contributed by atoms with E-state index < -0.39 is 0 Å². The van der Waals surface area contributed by atoms with Crippen LogP contribution in [0.3, 0.4) is 0 Å². The molecule has 3 aliphatic heterocycles. The van der Waals surface area contributed by atoms with Crippen molar-refractivity contribution < 1.29 is 9.53 Å². The Hall–Kier alpha value is -2.74. The number of likely N-dealkylation sites (tertiary alicyclic amines) is 1. The van der Waals surface area contributed by atoms with E-state index in [2.05, 4.69) is 29.2 Å². The second-order valence-electron chi connectivity index (χ2n) is 9.62. The van der Waals surface area contributed by atoms with Gasteiger partial charge in [-0.3, -0.25) is 14.5 Å². The molecule has 2 fully saturated rings. The summed E-state index contributed by atoms with van der Waals surface area (Å²) in [5.41, 5.74) is 4.16. The molecule has 3 aliphatic rings. The molecule has 2 saturated heterocycles. The van der Waals surface area contributed by atoms with Gasteiger partial charge in [0.05, 0.1) is 18.1 Å². The first-order valence-corrected chi connectivity index (χ1v) is 13.0. The Morgan fingerprint density at radius 1 is 0.971 bits per heavy atom. The normalized spacial score (nSPS) is 22.4. The van der Waals surface area contributed by atoms with Crippen molar-refractivity contribution in [1.82, 2.24) is 14.4 Å². The largest absolute Gasteiger partial charge is 0.379 e. The molecule has 6 rings (SSSR count). The van der Waals surface area contributed by atoms with Crippen LogP contribution < -0.4 is 5.56 Å². The highest BCUT2D eigenvalue weighted by Gasteiger charge is 2.37. The molecule has 1 aromatic carbocycles. The second kappa shape index (κ2) is 9.13. The van der Waals surface area contributed by atoms with E-state index in [1.807, 2.05) is 39.1 Å². The first-order chi connectivity index (χ1) is 16.7. The second-order valence-corrected chi connectivity index (χ2v) is 10.6. The lowest BCUT2D eigenvalue weighted by atomic mass is 9.82. The van der Waals surface area contributed by atoms with Gasteiger partial charge in [0.25, 0.3) is 11.5 Å². The summed E-state index contributed by atoms with van der Waals surface area (Å²) in [6, 6.07) is 16.2. The molecular weight excluding hydrogens is 446 g/mol. The summed E-state index contributed by atoms with van der Waals surface area (Å²) in [4.78, 5) is 31.9. The maximum absolute atomic E-state index is 13.7. The van der Waals surface area contributed by atoms with Gasteiger partial charge in [-0.1, -0.05) is 30.3 Å². The fourth-order valence-electron chi connectivity index (χ4n) is 5.79. The zero-order chi connectivity index (χ0) is 23.1. The molecule has 0 unspecified atom stereocenters. The molecular formula is C27H29N3O3S. The van der Waals surface area contributed by atoms with Crippen LogP contribution in [0.15, 0.2) is 58.7 Å². The summed E-state index contributed by atoms with van der Waals surface area (Å²) in [5, 5.41) is 1.95. The number of carbonyl (C=O) groups is 1. The van der Waals surface area contributed by atoms with Gasteiger partial charge in [-0.15, -0.1) is 11.3 Å². The molecule has 2 bridgehead atoms. The molecule has 0 saturated carbocycles. The maximum atomic E-state index is 13.7. The number of piperidine rings is 1. The third-order valence-electron chi connectivity index (χ3n) is 7.43. The van der Waals surface area contributed by atoms with E-state index >= 15 is 0 Å². The molecule has 34 heavy (non-hydrogen) atoms. The molecule has 176 valence electrons. The Morgan fingerprint density at radius 3 is 2.65 bits per heavy atom. The lowest BCUT2D eigenvalue weighted by Gasteiger charge is -2.42. The number of pyridine rings is 1. The predicted molar refractivity (Wildman–Crippen MR) is 133 cm³/mol. The highest BCUT2D eigenvalue weighted by atomic mass is 32.1. The van der Waals surface area contributed by atoms with Crippen LogP contribution in [-0.4, -0.2) is 59.7 Å². The fraction of sp³-hybridized carbons (Fsp3) is 0.407. The van der Waals surface area contributed by atoms with E-state index in [1.54, 1.807) is 0 Å². The molecule has 6 nitrogen and oxygen atoms in total. The number of benzene rings is 1. The van der Waals surface area contributed by atoms with Crippen molar-refractivity contribution in [2.24, 2.45) is 5.92 Å². The van der Waals surface area contributed by atoms with Crippen molar-refractivity contribution in [1.29, 1.82) is 0 Å². The average Bonchev–Trinajstić information content (AvgIpc) is 3.40. The van der Waals surface area contributed by atoms with E-state index in [1.165, 1.54) is 16.9 Å². The van der Waals surface area contributed by atoms with Crippen molar-refractivity contribution in [3.63, 3.8) is 0 Å². The monoisotopic (exact) mass is 475 g/mol. The van der Waals surface area contributed by atoms with E-state index in [0.29, 0.717) is 19.0 Å². The number of hydrogen-bond acceptors (Lipinski definition) is 5. The van der Waals surface area contributed by atoms with Crippen LogP contribution in [-0.2, 0) is 17.8 Å². The molecule has 2 aromatic heterocycles. The number of morpholine rings is 1. The lowest BCUT2D eigenvalue weighted by Crippen LogP contribution is -2.49. The van der Waals surface area contributed by atoms with Crippen LogP contribution in [0.5, 0.6) is 0 Å². The number of aromatic nitrogens is 1. The quantitative estimate of drug-likeness (QED) is 0.578. The Morgan fingerprint density at radius 2 is 1.82 bits per heavy atom. The third kappa shape index (κ3) is 4.02. The topological polar surface area (TPSA) is 54.8 Å². The number of ether oxygens (including phenoxy) is 1. The number of thiophene rings is 1. The zero-order valence-corrected chi connectivity index (χ0v) is 20.0. The fourth-order valence-corrected chi connectivity index (χ4v) is 6.48. The van der Waals surface area contributed by atoms with Gasteiger partial charge in [-0.05, 0) is 47.0 Å². The van der Waals surface area contributed by atoms with Crippen molar-refractivity contribution in [3.8, 4) is 11.1 Å². The summed E-state index contributed by atoms with van der Waals surface area (Å²) in [6.45, 7) is 6.26. The summed E-state index contributed by atoms with van der Waals surface area (Å²) >= 11 is 1.50. The van der Waals surface area contributed by atoms with Gasteiger partial charge in [-0.2, -0.15) is 0 Å². The van der Waals surface area contributed by atoms with Crippen LogP contribution in [0.25, 0.3) is 11.1 Å². The molecule has 0 N–H and O–H groups in total. The van der Waals surface area contributed by atoms with Crippen LogP contribution in [0, 0.1) is 5.92 Å². The maximum Gasteiger partial charge on any atom is 0.263 e. The predicted octanol–water partition coefficient (Wildman–Crippen LogP) is 3.67. The Kier molecular flexibility index (Phi) is 5.85. The first-order valence-electron chi connectivity index (χ1n) is 12.1. The summed E-state index contributed by atoms with van der Waals surface area (Å²) < 4.78 is 7.49. The zero-order valence-electron chi connectivity index (χ0n) is 19.2. The minimum atomic E-state index is 0.0969. The van der Waals surface area contributed by atoms with Gasteiger partial charge >= 0.3 is 0 Å². The molecule has 1 amide bonds. The molecule has 2 atom stereocenters. The van der Waals surface area contributed by atoms with Crippen LogP contribution in [0.1, 0.15) is 33.3 Å². The number of carbonyl (C=O) groups excluding carboxylic acids is 1. The van der Waals surface area contributed by atoms with E-state index in [-0.39, 0.29) is 17.4 Å². The number of fused-ring (bicyclic) bond motifs is 4. The van der Waals surface area contributed by atoms with Gasteiger partial charge in [0.2, 0.25) is 0 Å². The van der Waals surface area contributed by atoms with Gasteiger partial charge < -0.3 is 14.2 Å². The molecule has 0 radical (unpaired) electrons. The lowest BCUT2D eigenvalue weighted by molar-refractivity contribution is 0.0342. The van der Waals surface area contributed by atoms with Gasteiger partial charge in [0, 0.05) is 56.4 Å². The smallest absolute Gasteiger partial charge is 0.263 e. The SMILES string of the molecule is O=C(c1cccs1)N1C[C@H]2C[C@H](C1)c1ccc(-c3ccccc3CN3CCOCC3)c(=O)n1C2.